The fourth-order valence-corrected chi connectivity index (χ4v) is 4.76. The van der Waals surface area contributed by atoms with Crippen LogP contribution in [-0.4, -0.2) is 58.6 Å². The number of guanidine groups is 1. The van der Waals surface area contributed by atoms with Crippen LogP contribution in [0.4, 0.5) is 0 Å². The Morgan fingerprint density at radius 2 is 1.97 bits per heavy atom. The van der Waals surface area contributed by atoms with Crippen LogP contribution in [-0.2, 0) is 21.3 Å². The molecule has 1 aliphatic heterocycles. The molecule has 1 saturated heterocycles. The molecule has 2 rings (SSSR count). The third-order valence-electron chi connectivity index (χ3n) is 4.74. The Labute approximate surface area is 176 Å². The second kappa shape index (κ2) is 12.1. The maximum atomic E-state index is 12.9. The summed E-state index contributed by atoms with van der Waals surface area (Å²) in [6.07, 6.45) is 3.87. The number of piperidine rings is 1. The Balaban J connectivity index is 1.83. The summed E-state index contributed by atoms with van der Waals surface area (Å²) in [4.78, 5) is 4.59. The molecule has 1 aromatic rings. The van der Waals surface area contributed by atoms with Gasteiger partial charge in [-0.3, -0.25) is 4.99 Å². The average Bonchev–Trinajstić information content (AvgIpc) is 2.73. The molecule has 0 saturated carbocycles. The summed E-state index contributed by atoms with van der Waals surface area (Å²) in [5.41, 5.74) is 0.909. The predicted octanol–water partition coefficient (Wildman–Crippen LogP) is 2.59. The summed E-state index contributed by atoms with van der Waals surface area (Å²) in [6.45, 7) is 8.27. The molecule has 1 heterocycles. The first-order valence-electron chi connectivity index (χ1n) is 10.5. The van der Waals surface area contributed by atoms with E-state index in [0.29, 0.717) is 36.4 Å². The molecule has 1 fully saturated rings. The van der Waals surface area contributed by atoms with Crippen LogP contribution in [0, 0.1) is 5.92 Å². The Hall–Kier alpha value is -1.64. The molecule has 1 aliphatic rings. The molecule has 2 N–H and O–H groups in total. The third-order valence-corrected chi connectivity index (χ3v) is 6.64. The maximum Gasteiger partial charge on any atom is 0.243 e. The Kier molecular flexibility index (Phi) is 9.90. The van der Waals surface area contributed by atoms with Crippen LogP contribution in [0.1, 0.15) is 45.1 Å². The van der Waals surface area contributed by atoms with E-state index >= 15 is 0 Å². The number of ether oxygens (including phenoxy) is 1. The van der Waals surface area contributed by atoms with Gasteiger partial charge in [-0.05, 0) is 42.9 Å². The lowest BCUT2D eigenvalue weighted by Gasteiger charge is -2.26. The maximum absolute atomic E-state index is 12.9. The summed E-state index contributed by atoms with van der Waals surface area (Å²) >= 11 is 0. The van der Waals surface area contributed by atoms with Gasteiger partial charge in [0, 0.05) is 46.4 Å². The zero-order valence-electron chi connectivity index (χ0n) is 18.0. The molecule has 29 heavy (non-hydrogen) atoms. The van der Waals surface area contributed by atoms with Crippen LogP contribution in [0.5, 0.6) is 0 Å². The topological polar surface area (TPSA) is 83.0 Å². The van der Waals surface area contributed by atoms with Gasteiger partial charge in [-0.1, -0.05) is 32.4 Å². The SMILES string of the molecule is CN=C(NCCCOCC(C)C)NCc1cccc(S(=O)(=O)N2CCCCC2)c1. The number of sulfonamides is 1. The molecule has 0 radical (unpaired) electrons. The molecular formula is C21H36N4O3S. The van der Waals surface area contributed by atoms with E-state index in [9.17, 15) is 8.42 Å². The third kappa shape index (κ3) is 7.95. The molecule has 0 spiro atoms. The Morgan fingerprint density at radius 3 is 2.66 bits per heavy atom. The van der Waals surface area contributed by atoms with Crippen molar-refractivity contribution in [1.29, 1.82) is 0 Å². The standard InChI is InChI=1S/C21H36N4O3S/c1-18(2)17-28-14-8-11-23-21(22-3)24-16-19-9-7-10-20(15-19)29(26,27)25-12-5-4-6-13-25/h7,9-10,15,18H,4-6,8,11-14,16-17H2,1-3H3,(H2,22,23,24). The van der Waals surface area contributed by atoms with Gasteiger partial charge in [-0.25, -0.2) is 8.42 Å². The quantitative estimate of drug-likeness (QED) is 0.343. The second-order valence-corrected chi connectivity index (χ2v) is 9.72. The van der Waals surface area contributed by atoms with E-state index < -0.39 is 10.0 Å². The van der Waals surface area contributed by atoms with Gasteiger partial charge in [0.05, 0.1) is 4.90 Å². The number of hydrogen-bond acceptors (Lipinski definition) is 4. The highest BCUT2D eigenvalue weighted by molar-refractivity contribution is 7.89. The Morgan fingerprint density at radius 1 is 1.21 bits per heavy atom. The van der Waals surface area contributed by atoms with E-state index in [1.165, 1.54) is 0 Å². The second-order valence-electron chi connectivity index (χ2n) is 7.79. The van der Waals surface area contributed by atoms with Gasteiger partial charge in [-0.15, -0.1) is 0 Å². The number of hydrogen-bond donors (Lipinski definition) is 2. The molecule has 0 amide bonds. The first-order valence-corrected chi connectivity index (χ1v) is 12.0. The lowest BCUT2D eigenvalue weighted by Crippen LogP contribution is -2.37. The fourth-order valence-electron chi connectivity index (χ4n) is 3.18. The van der Waals surface area contributed by atoms with Gasteiger partial charge < -0.3 is 15.4 Å². The first-order chi connectivity index (χ1) is 13.9. The van der Waals surface area contributed by atoms with Crippen molar-refractivity contribution in [2.45, 2.75) is 51.0 Å². The van der Waals surface area contributed by atoms with Crippen LogP contribution < -0.4 is 10.6 Å². The number of aliphatic imine (C=N–C) groups is 1. The molecule has 164 valence electrons. The van der Waals surface area contributed by atoms with E-state index in [2.05, 4.69) is 29.5 Å². The summed E-state index contributed by atoms with van der Waals surface area (Å²) in [5.74, 6) is 1.24. The van der Waals surface area contributed by atoms with Crippen molar-refractivity contribution in [3.63, 3.8) is 0 Å². The summed E-state index contributed by atoms with van der Waals surface area (Å²) in [7, 11) is -1.69. The molecule has 1 aromatic carbocycles. The van der Waals surface area contributed by atoms with Crippen molar-refractivity contribution in [2.75, 3.05) is 39.9 Å². The van der Waals surface area contributed by atoms with Gasteiger partial charge in [0.2, 0.25) is 10.0 Å². The van der Waals surface area contributed by atoms with Crippen molar-refractivity contribution >= 4 is 16.0 Å². The smallest absolute Gasteiger partial charge is 0.243 e. The summed E-state index contributed by atoms with van der Waals surface area (Å²) in [5, 5.41) is 6.50. The molecule has 0 atom stereocenters. The van der Waals surface area contributed by atoms with Crippen LogP contribution >= 0.6 is 0 Å². The number of nitrogens with zero attached hydrogens (tertiary/aromatic N) is 2. The molecule has 0 aliphatic carbocycles. The highest BCUT2D eigenvalue weighted by Gasteiger charge is 2.25. The molecule has 8 heteroatoms. The lowest BCUT2D eigenvalue weighted by atomic mass is 10.2. The van der Waals surface area contributed by atoms with Gasteiger partial charge in [0.1, 0.15) is 0 Å². The van der Waals surface area contributed by atoms with Crippen LogP contribution in [0.2, 0.25) is 0 Å². The lowest BCUT2D eigenvalue weighted by molar-refractivity contribution is 0.108. The highest BCUT2D eigenvalue weighted by atomic mass is 32.2. The minimum absolute atomic E-state index is 0.365. The van der Waals surface area contributed by atoms with Crippen molar-refractivity contribution < 1.29 is 13.2 Å². The summed E-state index contributed by atoms with van der Waals surface area (Å²) < 4.78 is 32.9. The first kappa shape index (κ1) is 23.6. The minimum atomic E-state index is -3.41. The van der Waals surface area contributed by atoms with Gasteiger partial charge in [0.25, 0.3) is 0 Å². The average molecular weight is 425 g/mol. The van der Waals surface area contributed by atoms with Crippen molar-refractivity contribution in [3.05, 3.63) is 29.8 Å². The normalized spacial score (nSPS) is 16.2. The minimum Gasteiger partial charge on any atom is -0.381 e. The number of benzene rings is 1. The molecule has 7 nitrogen and oxygen atoms in total. The zero-order chi connectivity index (χ0) is 21.1. The van der Waals surface area contributed by atoms with Crippen LogP contribution in [0.15, 0.2) is 34.2 Å². The number of rotatable bonds is 10. The Bertz CT molecular complexity index is 744. The largest absolute Gasteiger partial charge is 0.381 e. The monoisotopic (exact) mass is 424 g/mol. The van der Waals surface area contributed by atoms with Crippen LogP contribution in [0.25, 0.3) is 0 Å². The van der Waals surface area contributed by atoms with Gasteiger partial charge in [-0.2, -0.15) is 4.31 Å². The van der Waals surface area contributed by atoms with Gasteiger partial charge in [0.15, 0.2) is 5.96 Å². The molecule has 0 unspecified atom stereocenters. The van der Waals surface area contributed by atoms with E-state index in [0.717, 1.165) is 51.0 Å². The molecular weight excluding hydrogens is 388 g/mol. The highest BCUT2D eigenvalue weighted by Crippen LogP contribution is 2.21. The van der Waals surface area contributed by atoms with Crippen molar-refractivity contribution in [1.82, 2.24) is 14.9 Å². The predicted molar refractivity (Wildman–Crippen MR) is 118 cm³/mol. The van der Waals surface area contributed by atoms with E-state index in [1.54, 1.807) is 29.6 Å². The summed E-state index contributed by atoms with van der Waals surface area (Å²) in [6, 6.07) is 7.16. The van der Waals surface area contributed by atoms with Crippen molar-refractivity contribution in [3.8, 4) is 0 Å². The zero-order valence-corrected chi connectivity index (χ0v) is 18.8. The molecule has 0 bridgehead atoms. The van der Waals surface area contributed by atoms with Crippen molar-refractivity contribution in [2.24, 2.45) is 10.9 Å². The van der Waals surface area contributed by atoms with Crippen LogP contribution in [0.3, 0.4) is 0 Å². The fraction of sp³-hybridized carbons (Fsp3) is 0.667. The molecule has 0 aromatic heterocycles. The van der Waals surface area contributed by atoms with E-state index in [4.69, 9.17) is 4.74 Å². The van der Waals surface area contributed by atoms with Gasteiger partial charge >= 0.3 is 0 Å². The van der Waals surface area contributed by atoms with E-state index in [-0.39, 0.29) is 0 Å². The number of nitrogens with one attached hydrogen (secondary N) is 2. The van der Waals surface area contributed by atoms with E-state index in [1.807, 2.05) is 6.07 Å².